The standard InChI is InChI=1S/C16H15F3N4O/c1-4-13-21-15(14-10(3)8-20-24-14)23(22-13)11-6-5-9(2)12(7-11)16(17,18)19/h5-8H,4H2,1-3H3. The van der Waals surface area contributed by atoms with Gasteiger partial charge in [-0.2, -0.15) is 18.3 Å². The summed E-state index contributed by atoms with van der Waals surface area (Å²) in [5.41, 5.74) is 0.452. The van der Waals surface area contributed by atoms with E-state index in [-0.39, 0.29) is 11.3 Å². The van der Waals surface area contributed by atoms with Gasteiger partial charge in [-0.25, -0.2) is 9.67 Å². The number of rotatable bonds is 3. The Hall–Kier alpha value is -2.64. The van der Waals surface area contributed by atoms with Crippen LogP contribution in [0.1, 0.15) is 29.4 Å². The van der Waals surface area contributed by atoms with Gasteiger partial charge in [0, 0.05) is 12.0 Å². The van der Waals surface area contributed by atoms with Crippen LogP contribution in [0.15, 0.2) is 28.9 Å². The number of halogens is 3. The average molecular weight is 336 g/mol. The van der Waals surface area contributed by atoms with Crippen LogP contribution in [-0.2, 0) is 12.6 Å². The molecular formula is C16H15F3N4O. The Morgan fingerprint density at radius 1 is 1.17 bits per heavy atom. The van der Waals surface area contributed by atoms with Gasteiger partial charge in [0.2, 0.25) is 11.6 Å². The highest BCUT2D eigenvalue weighted by Gasteiger charge is 2.33. The predicted octanol–water partition coefficient (Wildman–Crippen LogP) is 4.12. The number of alkyl halides is 3. The Balaban J connectivity index is 2.20. The Kier molecular flexibility index (Phi) is 3.90. The lowest BCUT2D eigenvalue weighted by Crippen LogP contribution is -2.09. The second-order valence-corrected chi connectivity index (χ2v) is 5.45. The molecule has 2 aromatic heterocycles. The van der Waals surface area contributed by atoms with E-state index in [0.717, 1.165) is 11.6 Å². The van der Waals surface area contributed by atoms with Crippen molar-refractivity contribution in [3.05, 3.63) is 46.9 Å². The van der Waals surface area contributed by atoms with Crippen molar-refractivity contribution < 1.29 is 17.7 Å². The zero-order valence-corrected chi connectivity index (χ0v) is 13.3. The van der Waals surface area contributed by atoms with E-state index in [2.05, 4.69) is 15.2 Å². The third kappa shape index (κ3) is 2.79. The van der Waals surface area contributed by atoms with Gasteiger partial charge in [0.05, 0.1) is 17.4 Å². The Bertz CT molecular complexity index is 880. The summed E-state index contributed by atoms with van der Waals surface area (Å²) in [5.74, 6) is 1.23. The molecule has 0 aliphatic carbocycles. The summed E-state index contributed by atoms with van der Waals surface area (Å²) >= 11 is 0. The molecule has 0 unspecified atom stereocenters. The monoisotopic (exact) mass is 336 g/mol. The fourth-order valence-corrected chi connectivity index (χ4v) is 2.38. The molecule has 3 aromatic rings. The summed E-state index contributed by atoms with van der Waals surface area (Å²) in [6, 6.07) is 4.06. The molecule has 0 saturated heterocycles. The van der Waals surface area contributed by atoms with Crippen LogP contribution in [0.2, 0.25) is 0 Å². The largest absolute Gasteiger partial charge is 0.416 e. The van der Waals surface area contributed by atoms with E-state index in [0.29, 0.717) is 23.8 Å². The van der Waals surface area contributed by atoms with Gasteiger partial charge in [-0.05, 0) is 31.5 Å². The zero-order valence-electron chi connectivity index (χ0n) is 13.3. The van der Waals surface area contributed by atoms with Crippen molar-refractivity contribution in [3.8, 4) is 17.3 Å². The van der Waals surface area contributed by atoms with Crippen molar-refractivity contribution in [1.82, 2.24) is 19.9 Å². The van der Waals surface area contributed by atoms with Gasteiger partial charge >= 0.3 is 6.18 Å². The van der Waals surface area contributed by atoms with E-state index < -0.39 is 11.7 Å². The molecule has 1 aromatic carbocycles. The van der Waals surface area contributed by atoms with Gasteiger partial charge in [-0.15, -0.1) is 0 Å². The number of aryl methyl sites for hydroxylation is 3. The van der Waals surface area contributed by atoms with Gasteiger partial charge in [0.1, 0.15) is 0 Å². The first-order valence-corrected chi connectivity index (χ1v) is 7.37. The first-order chi connectivity index (χ1) is 11.3. The Labute approximate surface area is 136 Å². The molecule has 2 heterocycles. The molecule has 24 heavy (non-hydrogen) atoms. The third-order valence-corrected chi connectivity index (χ3v) is 3.69. The van der Waals surface area contributed by atoms with E-state index in [4.69, 9.17) is 4.52 Å². The van der Waals surface area contributed by atoms with Crippen molar-refractivity contribution in [3.63, 3.8) is 0 Å². The number of aromatic nitrogens is 4. The molecule has 8 heteroatoms. The molecule has 5 nitrogen and oxygen atoms in total. The molecular weight excluding hydrogens is 321 g/mol. The normalized spacial score (nSPS) is 11.9. The highest BCUT2D eigenvalue weighted by atomic mass is 19.4. The second-order valence-electron chi connectivity index (χ2n) is 5.45. The Morgan fingerprint density at radius 3 is 2.50 bits per heavy atom. The summed E-state index contributed by atoms with van der Waals surface area (Å²) in [4.78, 5) is 4.36. The molecule has 3 rings (SSSR count). The molecule has 0 atom stereocenters. The fourth-order valence-electron chi connectivity index (χ4n) is 2.38. The van der Waals surface area contributed by atoms with Crippen LogP contribution < -0.4 is 0 Å². The van der Waals surface area contributed by atoms with Gasteiger partial charge in [0.25, 0.3) is 0 Å². The third-order valence-electron chi connectivity index (χ3n) is 3.69. The topological polar surface area (TPSA) is 56.7 Å². The highest BCUT2D eigenvalue weighted by Crippen LogP contribution is 2.34. The van der Waals surface area contributed by atoms with Crippen LogP contribution in [0.3, 0.4) is 0 Å². The first kappa shape index (κ1) is 16.2. The number of hydrogen-bond acceptors (Lipinski definition) is 4. The molecule has 0 aliphatic rings. The smallest absolute Gasteiger partial charge is 0.353 e. The van der Waals surface area contributed by atoms with Crippen LogP contribution in [-0.4, -0.2) is 19.9 Å². The molecule has 0 saturated carbocycles. The lowest BCUT2D eigenvalue weighted by Gasteiger charge is -2.12. The first-order valence-electron chi connectivity index (χ1n) is 7.37. The van der Waals surface area contributed by atoms with E-state index in [1.54, 1.807) is 13.0 Å². The highest BCUT2D eigenvalue weighted by molar-refractivity contribution is 5.55. The minimum atomic E-state index is -4.43. The molecule has 0 spiro atoms. The zero-order chi connectivity index (χ0) is 17.5. The SMILES string of the molecule is CCc1nc(-c2oncc2C)n(-c2ccc(C)c(C(F)(F)F)c2)n1. The molecule has 0 aliphatic heterocycles. The van der Waals surface area contributed by atoms with Crippen LogP contribution >= 0.6 is 0 Å². The van der Waals surface area contributed by atoms with Crippen LogP contribution in [0, 0.1) is 13.8 Å². The number of benzene rings is 1. The summed E-state index contributed by atoms with van der Waals surface area (Å²) in [7, 11) is 0. The fraction of sp³-hybridized carbons (Fsp3) is 0.312. The van der Waals surface area contributed by atoms with Crippen molar-refractivity contribution in [2.45, 2.75) is 33.4 Å². The minimum Gasteiger partial charge on any atom is -0.353 e. The quantitative estimate of drug-likeness (QED) is 0.722. The van der Waals surface area contributed by atoms with E-state index in [1.165, 1.54) is 23.9 Å². The maximum absolute atomic E-state index is 13.2. The van der Waals surface area contributed by atoms with Crippen molar-refractivity contribution in [2.24, 2.45) is 0 Å². The van der Waals surface area contributed by atoms with Crippen LogP contribution in [0.4, 0.5) is 13.2 Å². The van der Waals surface area contributed by atoms with Crippen molar-refractivity contribution in [2.75, 3.05) is 0 Å². The lowest BCUT2D eigenvalue weighted by atomic mass is 10.1. The van der Waals surface area contributed by atoms with Gasteiger partial charge in [-0.3, -0.25) is 0 Å². The van der Waals surface area contributed by atoms with Crippen molar-refractivity contribution in [1.29, 1.82) is 0 Å². The van der Waals surface area contributed by atoms with E-state index in [1.807, 2.05) is 6.92 Å². The number of hydrogen-bond donors (Lipinski definition) is 0. The maximum Gasteiger partial charge on any atom is 0.416 e. The molecule has 0 N–H and O–H groups in total. The number of nitrogens with zero attached hydrogens (tertiary/aromatic N) is 4. The minimum absolute atomic E-state index is 0.152. The molecule has 0 fully saturated rings. The summed E-state index contributed by atoms with van der Waals surface area (Å²) in [6.45, 7) is 5.08. The molecule has 0 radical (unpaired) electrons. The van der Waals surface area contributed by atoms with Gasteiger partial charge in [-0.1, -0.05) is 18.1 Å². The molecule has 126 valence electrons. The summed E-state index contributed by atoms with van der Waals surface area (Å²) < 4.78 is 46.1. The Morgan fingerprint density at radius 2 is 1.92 bits per heavy atom. The lowest BCUT2D eigenvalue weighted by molar-refractivity contribution is -0.138. The van der Waals surface area contributed by atoms with E-state index in [9.17, 15) is 13.2 Å². The average Bonchev–Trinajstić information content (AvgIpc) is 3.12. The second kappa shape index (κ2) is 5.77. The van der Waals surface area contributed by atoms with Crippen molar-refractivity contribution >= 4 is 0 Å². The molecule has 0 bridgehead atoms. The van der Waals surface area contributed by atoms with Crippen LogP contribution in [0.25, 0.3) is 17.3 Å². The predicted molar refractivity (Wildman–Crippen MR) is 80.7 cm³/mol. The maximum atomic E-state index is 13.2. The molecule has 0 amide bonds. The summed E-state index contributed by atoms with van der Waals surface area (Å²) in [5, 5.41) is 8.00. The van der Waals surface area contributed by atoms with E-state index >= 15 is 0 Å². The summed E-state index contributed by atoms with van der Waals surface area (Å²) in [6.07, 6.45) is -2.36. The van der Waals surface area contributed by atoms with Gasteiger partial charge < -0.3 is 4.52 Å². The van der Waals surface area contributed by atoms with Gasteiger partial charge in [0.15, 0.2) is 5.82 Å². The van der Waals surface area contributed by atoms with Crippen LogP contribution in [0.5, 0.6) is 0 Å².